The lowest BCUT2D eigenvalue weighted by Crippen LogP contribution is -1.99. The number of rotatable bonds is 3. The largest absolute Gasteiger partial charge is 0.455 e. The number of furan rings is 1. The molecule has 2 nitrogen and oxygen atoms in total. The Kier molecular flexibility index (Phi) is 4.48. The van der Waals surface area contributed by atoms with Crippen LogP contribution in [0.25, 0.3) is 65.7 Å². The molecule has 6 aromatic carbocycles. The average Bonchev–Trinajstić information content (AvgIpc) is 3.29. The van der Waals surface area contributed by atoms with Crippen molar-refractivity contribution in [2.75, 3.05) is 0 Å². The molecule has 0 bridgehead atoms. The minimum Gasteiger partial charge on any atom is -0.455 e. The smallest absolute Gasteiger partial charge is 0.143 e. The van der Waals surface area contributed by atoms with Crippen LogP contribution in [-0.2, 0) is 6.54 Å². The first-order valence-electron chi connectivity index (χ1n) is 12.0. The van der Waals surface area contributed by atoms with Gasteiger partial charge in [0.05, 0.1) is 0 Å². The Morgan fingerprint density at radius 1 is 0.543 bits per heavy atom. The number of fused-ring (bicyclic) bond motifs is 5. The Morgan fingerprint density at radius 3 is 1.94 bits per heavy atom. The second-order valence-electron chi connectivity index (χ2n) is 9.09. The molecule has 0 amide bonds. The van der Waals surface area contributed by atoms with Gasteiger partial charge in [-0.25, -0.2) is 0 Å². The van der Waals surface area contributed by atoms with Gasteiger partial charge in [0.1, 0.15) is 11.2 Å². The van der Waals surface area contributed by atoms with Gasteiger partial charge in [0.2, 0.25) is 0 Å². The van der Waals surface area contributed by atoms with Crippen LogP contribution in [0.3, 0.4) is 0 Å². The first-order valence-corrected chi connectivity index (χ1v) is 12.0. The highest BCUT2D eigenvalue weighted by Crippen LogP contribution is 2.41. The highest BCUT2D eigenvalue weighted by molar-refractivity contribution is 6.18. The molecule has 0 spiro atoms. The molecule has 0 aliphatic heterocycles. The van der Waals surface area contributed by atoms with E-state index < -0.39 is 0 Å². The Morgan fingerprint density at radius 2 is 1.17 bits per heavy atom. The summed E-state index contributed by atoms with van der Waals surface area (Å²) in [7, 11) is 0. The molecule has 2 N–H and O–H groups in total. The Balaban J connectivity index is 1.45. The van der Waals surface area contributed by atoms with Crippen molar-refractivity contribution in [3.63, 3.8) is 0 Å². The van der Waals surface area contributed by atoms with Crippen LogP contribution in [0.5, 0.6) is 0 Å². The SMILES string of the molecule is NCc1cc2ccccc2cc1-c1ccc(-c2c3ccccc3cc3c2oc2ccccc23)cc1. The number of para-hydroxylation sites is 1. The maximum Gasteiger partial charge on any atom is 0.143 e. The predicted molar refractivity (Wildman–Crippen MR) is 147 cm³/mol. The number of benzene rings is 6. The second-order valence-corrected chi connectivity index (χ2v) is 9.09. The fourth-order valence-corrected chi connectivity index (χ4v) is 5.35. The average molecular weight is 450 g/mol. The van der Waals surface area contributed by atoms with Gasteiger partial charge in [0, 0.05) is 22.9 Å². The van der Waals surface area contributed by atoms with E-state index in [0.29, 0.717) is 6.54 Å². The van der Waals surface area contributed by atoms with Crippen LogP contribution < -0.4 is 5.73 Å². The molecule has 0 aliphatic rings. The van der Waals surface area contributed by atoms with E-state index in [1.165, 1.54) is 32.7 Å². The molecule has 7 rings (SSSR count). The van der Waals surface area contributed by atoms with Crippen molar-refractivity contribution in [3.8, 4) is 22.3 Å². The van der Waals surface area contributed by atoms with Crippen LogP contribution in [0, 0.1) is 0 Å². The molecule has 35 heavy (non-hydrogen) atoms. The fraction of sp³-hybridized carbons (Fsp3) is 0.0303. The summed E-state index contributed by atoms with van der Waals surface area (Å²) >= 11 is 0. The highest BCUT2D eigenvalue weighted by Gasteiger charge is 2.16. The third kappa shape index (κ3) is 3.15. The van der Waals surface area contributed by atoms with Gasteiger partial charge in [-0.3, -0.25) is 0 Å². The van der Waals surface area contributed by atoms with E-state index in [2.05, 4.69) is 103 Å². The third-order valence-corrected chi connectivity index (χ3v) is 7.07. The van der Waals surface area contributed by atoms with Gasteiger partial charge in [-0.15, -0.1) is 0 Å². The van der Waals surface area contributed by atoms with Crippen molar-refractivity contribution in [1.82, 2.24) is 0 Å². The van der Waals surface area contributed by atoms with Gasteiger partial charge >= 0.3 is 0 Å². The summed E-state index contributed by atoms with van der Waals surface area (Å²) in [5.74, 6) is 0. The van der Waals surface area contributed by atoms with Gasteiger partial charge in [-0.05, 0) is 68.1 Å². The number of nitrogens with two attached hydrogens (primary N) is 1. The zero-order chi connectivity index (χ0) is 23.4. The normalized spacial score (nSPS) is 11.7. The summed E-state index contributed by atoms with van der Waals surface area (Å²) < 4.78 is 6.43. The van der Waals surface area contributed by atoms with Crippen molar-refractivity contribution >= 4 is 43.5 Å². The zero-order valence-corrected chi connectivity index (χ0v) is 19.2. The zero-order valence-electron chi connectivity index (χ0n) is 19.2. The molecular formula is C33H23NO. The summed E-state index contributed by atoms with van der Waals surface area (Å²) in [5, 5.41) is 7.15. The lowest BCUT2D eigenvalue weighted by atomic mass is 9.92. The van der Waals surface area contributed by atoms with Crippen molar-refractivity contribution < 1.29 is 4.42 Å². The van der Waals surface area contributed by atoms with Crippen molar-refractivity contribution in [2.45, 2.75) is 6.54 Å². The van der Waals surface area contributed by atoms with Gasteiger partial charge in [0.25, 0.3) is 0 Å². The molecule has 2 heteroatoms. The molecule has 0 atom stereocenters. The topological polar surface area (TPSA) is 39.2 Å². The van der Waals surface area contributed by atoms with E-state index in [-0.39, 0.29) is 0 Å². The Bertz CT molecular complexity index is 1880. The van der Waals surface area contributed by atoms with E-state index in [1.807, 2.05) is 12.1 Å². The van der Waals surface area contributed by atoms with Crippen LogP contribution in [-0.4, -0.2) is 0 Å². The lowest BCUT2D eigenvalue weighted by Gasteiger charge is -2.13. The fourth-order valence-electron chi connectivity index (χ4n) is 5.35. The van der Waals surface area contributed by atoms with Crippen LogP contribution >= 0.6 is 0 Å². The van der Waals surface area contributed by atoms with Crippen LogP contribution in [0.2, 0.25) is 0 Å². The maximum atomic E-state index is 6.43. The maximum absolute atomic E-state index is 6.43. The first-order chi connectivity index (χ1) is 17.3. The second kappa shape index (κ2) is 7.83. The highest BCUT2D eigenvalue weighted by atomic mass is 16.3. The predicted octanol–water partition coefficient (Wildman–Crippen LogP) is 8.69. The van der Waals surface area contributed by atoms with E-state index in [1.54, 1.807) is 0 Å². The van der Waals surface area contributed by atoms with E-state index in [9.17, 15) is 0 Å². The molecule has 0 saturated heterocycles. The van der Waals surface area contributed by atoms with Crippen molar-refractivity contribution in [1.29, 1.82) is 0 Å². The van der Waals surface area contributed by atoms with E-state index >= 15 is 0 Å². The molecule has 0 radical (unpaired) electrons. The molecule has 0 fully saturated rings. The third-order valence-electron chi connectivity index (χ3n) is 7.07. The quantitative estimate of drug-likeness (QED) is 0.293. The molecular weight excluding hydrogens is 426 g/mol. The first kappa shape index (κ1) is 20.0. The molecule has 0 unspecified atom stereocenters. The van der Waals surface area contributed by atoms with Gasteiger partial charge in [0.15, 0.2) is 0 Å². The van der Waals surface area contributed by atoms with Crippen LogP contribution in [0.4, 0.5) is 0 Å². The monoisotopic (exact) mass is 449 g/mol. The standard InChI is InChI=1S/C33H23NO/c34-20-26-17-23-7-1-2-8-24(23)18-29(26)21-13-15-22(16-14-21)32-27-10-4-3-9-25(27)19-30-28-11-5-6-12-31(28)35-33(30)32/h1-19H,20,34H2. The minimum absolute atomic E-state index is 0.505. The molecule has 1 aromatic heterocycles. The van der Waals surface area contributed by atoms with Gasteiger partial charge < -0.3 is 10.2 Å². The van der Waals surface area contributed by atoms with Crippen molar-refractivity contribution in [2.24, 2.45) is 5.73 Å². The summed E-state index contributed by atoms with van der Waals surface area (Å²) in [5.41, 5.74) is 13.8. The summed E-state index contributed by atoms with van der Waals surface area (Å²) in [4.78, 5) is 0. The van der Waals surface area contributed by atoms with Gasteiger partial charge in [-0.2, -0.15) is 0 Å². The Labute approximate surface area is 203 Å². The Hall–Kier alpha value is -4.40. The number of hydrogen-bond donors (Lipinski definition) is 1. The summed E-state index contributed by atoms with van der Waals surface area (Å²) in [6.07, 6.45) is 0. The molecule has 0 saturated carbocycles. The molecule has 166 valence electrons. The summed E-state index contributed by atoms with van der Waals surface area (Å²) in [6.45, 7) is 0.505. The summed E-state index contributed by atoms with van der Waals surface area (Å²) in [6, 6.07) is 40.8. The lowest BCUT2D eigenvalue weighted by molar-refractivity contribution is 0.670. The molecule has 1 heterocycles. The van der Waals surface area contributed by atoms with Gasteiger partial charge in [-0.1, -0.05) is 91.0 Å². The van der Waals surface area contributed by atoms with Crippen LogP contribution in [0.15, 0.2) is 120 Å². The molecule has 0 aliphatic carbocycles. The number of hydrogen-bond acceptors (Lipinski definition) is 2. The van der Waals surface area contributed by atoms with Crippen molar-refractivity contribution in [3.05, 3.63) is 121 Å². The van der Waals surface area contributed by atoms with E-state index in [0.717, 1.165) is 38.6 Å². The van der Waals surface area contributed by atoms with E-state index in [4.69, 9.17) is 10.2 Å². The molecule has 7 aromatic rings. The minimum atomic E-state index is 0.505. The van der Waals surface area contributed by atoms with Crippen LogP contribution in [0.1, 0.15) is 5.56 Å².